The summed E-state index contributed by atoms with van der Waals surface area (Å²) < 4.78 is 0. The molecule has 18 heavy (non-hydrogen) atoms. The zero-order valence-electron chi connectivity index (χ0n) is 10.3. The van der Waals surface area contributed by atoms with E-state index in [9.17, 15) is 0 Å². The molecule has 4 nitrogen and oxygen atoms in total. The largest absolute Gasteiger partial charge is 0.330 e. The SMILES string of the molecule is NCCCNC(c1ccccn1)c1ccccn1. The summed E-state index contributed by atoms with van der Waals surface area (Å²) in [5.74, 6) is 0. The predicted octanol–water partition coefficient (Wildman–Crippen LogP) is 1.50. The summed E-state index contributed by atoms with van der Waals surface area (Å²) in [5.41, 5.74) is 7.48. The number of rotatable bonds is 6. The number of hydrogen-bond donors (Lipinski definition) is 2. The Morgan fingerprint density at radius 2 is 1.61 bits per heavy atom. The van der Waals surface area contributed by atoms with Crippen LogP contribution in [0.15, 0.2) is 48.8 Å². The van der Waals surface area contributed by atoms with E-state index in [-0.39, 0.29) is 6.04 Å². The molecule has 0 fully saturated rings. The highest BCUT2D eigenvalue weighted by atomic mass is 15.0. The minimum Gasteiger partial charge on any atom is -0.330 e. The van der Waals surface area contributed by atoms with E-state index in [1.165, 1.54) is 0 Å². The molecule has 0 atom stereocenters. The Morgan fingerprint density at radius 1 is 1.00 bits per heavy atom. The molecule has 0 saturated carbocycles. The van der Waals surface area contributed by atoms with Gasteiger partial charge in [0.05, 0.1) is 17.4 Å². The lowest BCUT2D eigenvalue weighted by Crippen LogP contribution is -2.26. The van der Waals surface area contributed by atoms with Crippen LogP contribution in [0, 0.1) is 0 Å². The Hall–Kier alpha value is -1.78. The molecule has 0 aliphatic heterocycles. The van der Waals surface area contributed by atoms with Crippen LogP contribution in [-0.2, 0) is 0 Å². The summed E-state index contributed by atoms with van der Waals surface area (Å²) in [6.07, 6.45) is 4.54. The third-order valence-corrected chi connectivity index (χ3v) is 2.70. The maximum absolute atomic E-state index is 5.52. The fourth-order valence-corrected chi connectivity index (χ4v) is 1.80. The normalized spacial score (nSPS) is 10.8. The topological polar surface area (TPSA) is 63.8 Å². The molecule has 2 aromatic rings. The van der Waals surface area contributed by atoms with Crippen LogP contribution in [0.25, 0.3) is 0 Å². The lowest BCUT2D eigenvalue weighted by Gasteiger charge is -2.17. The molecule has 0 unspecified atom stereocenters. The maximum Gasteiger partial charge on any atom is 0.0925 e. The van der Waals surface area contributed by atoms with E-state index < -0.39 is 0 Å². The van der Waals surface area contributed by atoms with Crippen LogP contribution in [0.4, 0.5) is 0 Å². The summed E-state index contributed by atoms with van der Waals surface area (Å²) in [7, 11) is 0. The Bertz CT molecular complexity index is 404. The van der Waals surface area contributed by atoms with Crippen molar-refractivity contribution in [3.8, 4) is 0 Å². The maximum atomic E-state index is 5.52. The summed E-state index contributed by atoms with van der Waals surface area (Å²) in [6.45, 7) is 1.54. The summed E-state index contributed by atoms with van der Waals surface area (Å²) >= 11 is 0. The van der Waals surface area contributed by atoms with E-state index in [4.69, 9.17) is 5.73 Å². The molecule has 0 radical (unpaired) electrons. The third-order valence-electron chi connectivity index (χ3n) is 2.70. The second-order valence-electron chi connectivity index (χ2n) is 4.04. The van der Waals surface area contributed by atoms with E-state index in [2.05, 4.69) is 15.3 Å². The van der Waals surface area contributed by atoms with Crippen LogP contribution in [0.2, 0.25) is 0 Å². The number of nitrogens with one attached hydrogen (secondary N) is 1. The Kier molecular flexibility index (Phi) is 4.81. The van der Waals surface area contributed by atoms with Crippen LogP contribution in [0.5, 0.6) is 0 Å². The van der Waals surface area contributed by atoms with Gasteiger partial charge in [0.2, 0.25) is 0 Å². The third kappa shape index (κ3) is 3.35. The van der Waals surface area contributed by atoms with Gasteiger partial charge >= 0.3 is 0 Å². The van der Waals surface area contributed by atoms with Gasteiger partial charge in [-0.15, -0.1) is 0 Å². The highest BCUT2D eigenvalue weighted by molar-refractivity contribution is 5.21. The standard InChI is InChI=1S/C14H18N4/c15-8-5-11-18-14(12-6-1-3-9-16-12)13-7-2-4-10-17-13/h1-4,6-7,9-10,14,18H,5,8,11,15H2. The van der Waals surface area contributed by atoms with Crippen LogP contribution in [0.3, 0.4) is 0 Å². The monoisotopic (exact) mass is 242 g/mol. The van der Waals surface area contributed by atoms with Crippen molar-refractivity contribution in [1.29, 1.82) is 0 Å². The molecule has 0 spiro atoms. The Balaban J connectivity index is 2.18. The van der Waals surface area contributed by atoms with Gasteiger partial charge in [-0.3, -0.25) is 9.97 Å². The van der Waals surface area contributed by atoms with E-state index in [1.54, 1.807) is 12.4 Å². The minimum absolute atomic E-state index is 0.0268. The van der Waals surface area contributed by atoms with Crippen molar-refractivity contribution < 1.29 is 0 Å². The first-order valence-electron chi connectivity index (χ1n) is 6.17. The number of aromatic nitrogens is 2. The molecule has 0 bridgehead atoms. The van der Waals surface area contributed by atoms with Crippen LogP contribution >= 0.6 is 0 Å². The van der Waals surface area contributed by atoms with Crippen molar-refractivity contribution in [2.45, 2.75) is 12.5 Å². The molecule has 2 heterocycles. The summed E-state index contributed by atoms with van der Waals surface area (Å²) in [4.78, 5) is 8.80. The highest BCUT2D eigenvalue weighted by Crippen LogP contribution is 2.17. The van der Waals surface area contributed by atoms with E-state index in [1.807, 2.05) is 36.4 Å². The molecule has 0 amide bonds. The molecular formula is C14H18N4. The number of nitrogens with two attached hydrogens (primary N) is 1. The first-order chi connectivity index (χ1) is 8.92. The fraction of sp³-hybridized carbons (Fsp3) is 0.286. The quantitative estimate of drug-likeness (QED) is 0.754. The minimum atomic E-state index is 0.0268. The van der Waals surface area contributed by atoms with Crippen molar-refractivity contribution >= 4 is 0 Å². The predicted molar refractivity (Wildman–Crippen MR) is 72.0 cm³/mol. The molecular weight excluding hydrogens is 224 g/mol. The molecule has 2 aromatic heterocycles. The molecule has 94 valence electrons. The first-order valence-corrected chi connectivity index (χ1v) is 6.17. The van der Waals surface area contributed by atoms with Crippen molar-refractivity contribution in [2.24, 2.45) is 5.73 Å². The molecule has 4 heteroatoms. The fourth-order valence-electron chi connectivity index (χ4n) is 1.80. The van der Waals surface area contributed by atoms with Gasteiger partial charge < -0.3 is 11.1 Å². The molecule has 0 saturated heterocycles. The van der Waals surface area contributed by atoms with Gasteiger partial charge in [-0.25, -0.2) is 0 Å². The Labute approximate surface area is 107 Å². The van der Waals surface area contributed by atoms with Crippen molar-refractivity contribution in [3.63, 3.8) is 0 Å². The molecule has 0 aromatic carbocycles. The van der Waals surface area contributed by atoms with Gasteiger partial charge in [-0.05, 0) is 43.8 Å². The average molecular weight is 242 g/mol. The summed E-state index contributed by atoms with van der Waals surface area (Å²) in [5, 5.41) is 3.45. The van der Waals surface area contributed by atoms with Gasteiger partial charge in [0.1, 0.15) is 0 Å². The van der Waals surface area contributed by atoms with E-state index >= 15 is 0 Å². The smallest absolute Gasteiger partial charge is 0.0925 e. The van der Waals surface area contributed by atoms with Gasteiger partial charge in [0.25, 0.3) is 0 Å². The zero-order valence-corrected chi connectivity index (χ0v) is 10.3. The van der Waals surface area contributed by atoms with Crippen LogP contribution < -0.4 is 11.1 Å². The van der Waals surface area contributed by atoms with E-state index in [0.717, 1.165) is 24.4 Å². The lowest BCUT2D eigenvalue weighted by molar-refractivity contribution is 0.566. The number of pyridine rings is 2. The van der Waals surface area contributed by atoms with Gasteiger partial charge in [0.15, 0.2) is 0 Å². The van der Waals surface area contributed by atoms with Crippen LogP contribution in [0.1, 0.15) is 23.9 Å². The second kappa shape index (κ2) is 6.83. The average Bonchev–Trinajstić information content (AvgIpc) is 2.46. The van der Waals surface area contributed by atoms with Crippen LogP contribution in [-0.4, -0.2) is 23.1 Å². The lowest BCUT2D eigenvalue weighted by atomic mass is 10.1. The van der Waals surface area contributed by atoms with Crippen molar-refractivity contribution in [2.75, 3.05) is 13.1 Å². The zero-order chi connectivity index (χ0) is 12.6. The highest BCUT2D eigenvalue weighted by Gasteiger charge is 2.14. The van der Waals surface area contributed by atoms with Crippen molar-refractivity contribution in [1.82, 2.24) is 15.3 Å². The van der Waals surface area contributed by atoms with Crippen molar-refractivity contribution in [3.05, 3.63) is 60.2 Å². The number of hydrogen-bond acceptors (Lipinski definition) is 4. The van der Waals surface area contributed by atoms with Gasteiger partial charge in [-0.2, -0.15) is 0 Å². The Morgan fingerprint density at radius 3 is 2.06 bits per heavy atom. The molecule has 3 N–H and O–H groups in total. The summed E-state index contributed by atoms with van der Waals surface area (Å²) in [6, 6.07) is 11.9. The first kappa shape index (κ1) is 12.7. The van der Waals surface area contributed by atoms with E-state index in [0.29, 0.717) is 6.54 Å². The van der Waals surface area contributed by atoms with Gasteiger partial charge in [-0.1, -0.05) is 12.1 Å². The molecule has 0 aliphatic carbocycles. The second-order valence-corrected chi connectivity index (χ2v) is 4.04. The number of nitrogens with zero attached hydrogens (tertiary/aromatic N) is 2. The molecule has 0 aliphatic rings. The molecule has 2 rings (SSSR count). The van der Waals surface area contributed by atoms with Gasteiger partial charge in [0, 0.05) is 12.4 Å².